The molecule has 5 heteroatoms. The number of rotatable bonds is 7. The summed E-state index contributed by atoms with van der Waals surface area (Å²) in [5.74, 6) is 0.404. The topological polar surface area (TPSA) is 66.8 Å². The molecule has 0 unspecified atom stereocenters. The number of amides is 1. The van der Waals surface area contributed by atoms with Crippen molar-refractivity contribution in [2.45, 2.75) is 59.8 Å². The van der Waals surface area contributed by atoms with Gasteiger partial charge < -0.3 is 19.5 Å². The lowest BCUT2D eigenvalue weighted by Gasteiger charge is -2.18. The molecule has 2 aromatic rings. The minimum absolute atomic E-state index is 0.0824. The number of benzene rings is 2. The number of carbonyl (C=O) groups excluding carboxylic acids is 2. The minimum Gasteiger partial charge on any atom is -0.508 e. The second-order valence-electron chi connectivity index (χ2n) is 7.39. The van der Waals surface area contributed by atoms with Gasteiger partial charge in [0.15, 0.2) is 0 Å². The maximum Gasteiger partial charge on any atom is 0.248 e. The van der Waals surface area contributed by atoms with Crippen LogP contribution in [0.15, 0.2) is 60.7 Å². The van der Waals surface area contributed by atoms with Crippen molar-refractivity contribution in [3.8, 4) is 5.75 Å². The van der Waals surface area contributed by atoms with E-state index in [0.29, 0.717) is 19.1 Å². The molecule has 1 aliphatic rings. The molecule has 0 saturated heterocycles. The van der Waals surface area contributed by atoms with Crippen molar-refractivity contribution in [2.24, 2.45) is 0 Å². The Balaban J connectivity index is 0.000000541. The van der Waals surface area contributed by atoms with Gasteiger partial charge in [0.1, 0.15) is 19.3 Å². The van der Waals surface area contributed by atoms with Crippen molar-refractivity contribution in [1.82, 2.24) is 4.90 Å². The zero-order chi connectivity index (χ0) is 24.9. The van der Waals surface area contributed by atoms with Crippen LogP contribution in [-0.2, 0) is 20.7 Å². The molecule has 1 N–H and O–H groups in total. The first kappa shape index (κ1) is 30.1. The van der Waals surface area contributed by atoms with E-state index in [1.807, 2.05) is 32.8 Å². The molecule has 0 aliphatic carbocycles. The van der Waals surface area contributed by atoms with Crippen LogP contribution in [-0.4, -0.2) is 42.6 Å². The monoisotopic (exact) mass is 455 g/mol. The molecular weight excluding hydrogens is 414 g/mol. The third-order valence-electron chi connectivity index (χ3n) is 4.78. The maximum absolute atomic E-state index is 11.4. The van der Waals surface area contributed by atoms with Gasteiger partial charge in [0.05, 0.1) is 6.61 Å². The summed E-state index contributed by atoms with van der Waals surface area (Å²) in [4.78, 5) is 21.2. The lowest BCUT2D eigenvalue weighted by Crippen LogP contribution is -2.31. The fourth-order valence-corrected chi connectivity index (χ4v) is 3.01. The molecule has 0 radical (unpaired) electrons. The van der Waals surface area contributed by atoms with Crippen LogP contribution in [0, 0.1) is 6.92 Å². The normalized spacial score (nSPS) is 12.2. The first-order valence-electron chi connectivity index (χ1n) is 11.7. The number of hydrogen-bond acceptors (Lipinski definition) is 4. The molecule has 182 valence electrons. The summed E-state index contributed by atoms with van der Waals surface area (Å²) in [6, 6.07) is 15.9. The van der Waals surface area contributed by atoms with Gasteiger partial charge in [-0.25, -0.2) is 0 Å². The SMILES string of the molecule is C=O.CC.CCCCCCN1COCC=CC1=O.Cc1ccc(Cc2ccc(O)cc2)cc1. The predicted molar refractivity (Wildman–Crippen MR) is 136 cm³/mol. The van der Waals surface area contributed by atoms with Crippen LogP contribution in [0.25, 0.3) is 0 Å². The van der Waals surface area contributed by atoms with Crippen LogP contribution in [0.5, 0.6) is 5.75 Å². The highest BCUT2D eigenvalue weighted by molar-refractivity contribution is 5.87. The lowest BCUT2D eigenvalue weighted by molar-refractivity contribution is -0.130. The molecule has 0 atom stereocenters. The van der Waals surface area contributed by atoms with Crippen LogP contribution in [0.3, 0.4) is 0 Å². The number of aromatic hydroxyl groups is 1. The summed E-state index contributed by atoms with van der Waals surface area (Å²) in [6.07, 6.45) is 9.05. The van der Waals surface area contributed by atoms with Crippen molar-refractivity contribution in [2.75, 3.05) is 19.9 Å². The number of aryl methyl sites for hydroxylation is 1. The third-order valence-corrected chi connectivity index (χ3v) is 4.78. The second kappa shape index (κ2) is 19.7. The van der Waals surface area contributed by atoms with Crippen molar-refractivity contribution in [3.05, 3.63) is 77.4 Å². The lowest BCUT2D eigenvalue weighted by atomic mass is 10.0. The average Bonchev–Trinajstić information content (AvgIpc) is 3.06. The van der Waals surface area contributed by atoms with E-state index in [4.69, 9.17) is 14.6 Å². The largest absolute Gasteiger partial charge is 0.508 e. The summed E-state index contributed by atoms with van der Waals surface area (Å²) in [5, 5.41) is 9.16. The number of carbonyl (C=O) groups is 2. The van der Waals surface area contributed by atoms with E-state index in [0.717, 1.165) is 19.4 Å². The Morgan fingerprint density at radius 3 is 2.09 bits per heavy atom. The Morgan fingerprint density at radius 1 is 0.939 bits per heavy atom. The van der Waals surface area contributed by atoms with E-state index in [-0.39, 0.29) is 5.91 Å². The molecule has 0 fully saturated rings. The average molecular weight is 456 g/mol. The summed E-state index contributed by atoms with van der Waals surface area (Å²) in [6.45, 7) is 12.1. The number of hydrogen-bond donors (Lipinski definition) is 1. The van der Waals surface area contributed by atoms with Gasteiger partial charge in [0.25, 0.3) is 0 Å². The highest BCUT2D eigenvalue weighted by Crippen LogP contribution is 2.14. The van der Waals surface area contributed by atoms with Gasteiger partial charge in [0.2, 0.25) is 5.91 Å². The number of phenolic OH excluding ortho intramolecular Hbond substituents is 1. The number of ether oxygens (including phenoxy) is 1. The maximum atomic E-state index is 11.4. The van der Waals surface area contributed by atoms with Crippen molar-refractivity contribution >= 4 is 12.7 Å². The van der Waals surface area contributed by atoms with Crippen LogP contribution < -0.4 is 0 Å². The van der Waals surface area contributed by atoms with Crippen LogP contribution in [0.2, 0.25) is 0 Å². The fraction of sp³-hybridized carbons (Fsp3) is 0.429. The summed E-state index contributed by atoms with van der Waals surface area (Å²) in [7, 11) is 0. The van der Waals surface area contributed by atoms with E-state index in [1.54, 1.807) is 29.2 Å². The van der Waals surface area contributed by atoms with Crippen molar-refractivity contribution in [3.63, 3.8) is 0 Å². The molecule has 0 aromatic heterocycles. The van der Waals surface area contributed by atoms with E-state index in [1.165, 1.54) is 36.0 Å². The zero-order valence-electron chi connectivity index (χ0n) is 20.8. The molecule has 3 rings (SSSR count). The number of unbranched alkanes of at least 4 members (excludes halogenated alkanes) is 3. The molecule has 1 amide bonds. The smallest absolute Gasteiger partial charge is 0.248 e. The highest BCUT2D eigenvalue weighted by Gasteiger charge is 2.11. The van der Waals surface area contributed by atoms with Gasteiger partial charge in [0, 0.05) is 12.6 Å². The molecule has 5 nitrogen and oxygen atoms in total. The first-order chi connectivity index (χ1) is 16.1. The molecular formula is C28H41NO4. The van der Waals surface area contributed by atoms with Gasteiger partial charge in [-0.2, -0.15) is 0 Å². The number of nitrogens with zero attached hydrogens (tertiary/aromatic N) is 1. The van der Waals surface area contributed by atoms with Crippen LogP contribution in [0.4, 0.5) is 0 Å². The summed E-state index contributed by atoms with van der Waals surface area (Å²) in [5.41, 5.74) is 3.80. The van der Waals surface area contributed by atoms with Crippen LogP contribution in [0.1, 0.15) is 63.1 Å². The zero-order valence-corrected chi connectivity index (χ0v) is 20.8. The molecule has 0 spiro atoms. The third kappa shape index (κ3) is 14.0. The van der Waals surface area contributed by atoms with E-state index in [9.17, 15) is 4.79 Å². The molecule has 1 heterocycles. The predicted octanol–water partition coefficient (Wildman–Crippen LogP) is 6.07. The van der Waals surface area contributed by atoms with E-state index >= 15 is 0 Å². The van der Waals surface area contributed by atoms with E-state index < -0.39 is 0 Å². The summed E-state index contributed by atoms with van der Waals surface area (Å²) >= 11 is 0. The van der Waals surface area contributed by atoms with E-state index in [2.05, 4.69) is 38.1 Å². The molecule has 1 aliphatic heterocycles. The molecule has 33 heavy (non-hydrogen) atoms. The standard InChI is InChI=1S/C14H14O.C11H19NO2.C2H6.CH2O/c1-11-2-4-12(5-3-11)10-13-6-8-14(15)9-7-13;1-2-3-4-5-8-12-10-14-9-6-7-11(12)13;2*1-2/h2-9,15H,10H2,1H3;6-7H,2-5,8-10H2,1H3;1-2H3;1H2. The Labute approximate surface area is 200 Å². The second-order valence-corrected chi connectivity index (χ2v) is 7.39. The van der Waals surface area contributed by atoms with Gasteiger partial charge in [-0.1, -0.05) is 88.1 Å². The molecule has 0 saturated carbocycles. The summed E-state index contributed by atoms with van der Waals surface area (Å²) < 4.78 is 5.25. The van der Waals surface area contributed by atoms with Gasteiger partial charge in [-0.3, -0.25) is 4.79 Å². The van der Waals surface area contributed by atoms with Crippen molar-refractivity contribution in [1.29, 1.82) is 0 Å². The molecule has 2 aromatic carbocycles. The minimum atomic E-state index is 0.0824. The quantitative estimate of drug-likeness (QED) is 0.514. The first-order valence-corrected chi connectivity index (χ1v) is 11.7. The highest BCUT2D eigenvalue weighted by atomic mass is 16.5. The van der Waals surface area contributed by atoms with Gasteiger partial charge in [-0.15, -0.1) is 0 Å². The Morgan fingerprint density at radius 2 is 1.52 bits per heavy atom. The molecule has 0 bridgehead atoms. The van der Waals surface area contributed by atoms with Gasteiger partial charge >= 0.3 is 0 Å². The van der Waals surface area contributed by atoms with Crippen molar-refractivity contribution < 1.29 is 19.4 Å². The Bertz CT molecular complexity index is 726. The van der Waals surface area contributed by atoms with Crippen LogP contribution >= 0.6 is 0 Å². The number of phenols is 1. The van der Waals surface area contributed by atoms with Gasteiger partial charge in [-0.05, 0) is 43.0 Å². The Hall–Kier alpha value is -2.92. The Kier molecular flexibility index (Phi) is 18.0. The fourth-order valence-electron chi connectivity index (χ4n) is 3.01.